The predicted molar refractivity (Wildman–Crippen MR) is 109 cm³/mol. The van der Waals surface area contributed by atoms with Crippen LogP contribution < -0.4 is 0 Å². The van der Waals surface area contributed by atoms with E-state index in [9.17, 15) is 80.6 Å². The van der Waals surface area contributed by atoms with Gasteiger partial charge in [0.1, 0.15) is 11.6 Å². The first-order chi connectivity index (χ1) is 16.1. The van der Waals surface area contributed by atoms with Crippen LogP contribution in [0.5, 0.6) is 0 Å². The second-order valence-corrected chi connectivity index (χ2v) is 9.84. The van der Waals surface area contributed by atoms with Crippen LogP contribution in [-0.4, -0.2) is 108 Å². The molecule has 0 heterocycles. The van der Waals surface area contributed by atoms with Crippen LogP contribution in [0.4, 0.5) is 61.5 Å². The maximum absolute atomic E-state index is 12.9. The summed E-state index contributed by atoms with van der Waals surface area (Å²) in [6, 6.07) is 0. The number of Topliss-reactive ketones (excluding diaryl/α,β-unsaturated/α-hetero) is 4. The van der Waals surface area contributed by atoms with Crippen molar-refractivity contribution in [1.29, 1.82) is 0 Å². The van der Waals surface area contributed by atoms with E-state index >= 15 is 0 Å². The summed E-state index contributed by atoms with van der Waals surface area (Å²) in [5, 5.41) is 0. The average Bonchev–Trinajstić information content (AvgIpc) is 2.64. The molecule has 0 unspecified atom stereocenters. The minimum absolute atomic E-state index is 0. The molecule has 0 aliphatic heterocycles. The van der Waals surface area contributed by atoms with Gasteiger partial charge in [-0.3, -0.25) is 19.2 Å². The van der Waals surface area contributed by atoms with Crippen molar-refractivity contribution in [2.45, 2.75) is 90.4 Å². The quantitative estimate of drug-likeness (QED) is 0.178. The molecule has 0 rings (SSSR count). The molecule has 0 aromatic carbocycles. The van der Waals surface area contributed by atoms with Gasteiger partial charge in [-0.15, -0.1) is 0 Å². The molecule has 0 fully saturated rings. The Bertz CT molecular complexity index is 833. The molecule has 0 bridgehead atoms. The van der Waals surface area contributed by atoms with Crippen LogP contribution in [0.2, 0.25) is 0 Å². The number of halogens is 14. The first-order valence-electron chi connectivity index (χ1n) is 9.88. The van der Waals surface area contributed by atoms with Gasteiger partial charge in [0.25, 0.3) is 0 Å². The predicted octanol–water partition coefficient (Wildman–Crippen LogP) is 5.87. The second kappa shape index (κ2) is 13.1. The summed E-state index contributed by atoms with van der Waals surface area (Å²) in [6.07, 6.45) is -16.6. The van der Waals surface area contributed by atoms with Gasteiger partial charge in [-0.25, -0.2) is 0 Å². The standard InChI is InChI=1S/2C10H11F7O2.Ba.2H/c2*1-7(2,3)5(18)4-6(19)8(11,12)9(13,14)10(15,16)17;;;/h2*4H2,1-3H3;;;. The van der Waals surface area contributed by atoms with E-state index in [1.165, 1.54) is 41.5 Å². The topological polar surface area (TPSA) is 68.3 Å². The van der Waals surface area contributed by atoms with Gasteiger partial charge < -0.3 is 0 Å². The number of hydrogen-bond donors (Lipinski definition) is 0. The van der Waals surface area contributed by atoms with Crippen LogP contribution in [0.3, 0.4) is 0 Å². The Morgan fingerprint density at radius 2 is 0.590 bits per heavy atom. The molecule has 0 N–H and O–H groups in total. The van der Waals surface area contributed by atoms with E-state index < -0.39 is 82.8 Å². The van der Waals surface area contributed by atoms with E-state index in [-0.39, 0.29) is 48.9 Å². The third-order valence-corrected chi connectivity index (χ3v) is 4.52. The minimum atomic E-state index is -6.59. The van der Waals surface area contributed by atoms with Crippen LogP contribution >= 0.6 is 0 Å². The van der Waals surface area contributed by atoms with Gasteiger partial charge >= 0.3 is 84.9 Å². The molecule has 4 nitrogen and oxygen atoms in total. The van der Waals surface area contributed by atoms with Gasteiger partial charge in [-0.05, 0) is 0 Å². The molecule has 228 valence electrons. The number of alkyl halides is 14. The molecular formula is C20H24BaF14O4. The molecule has 0 aliphatic rings. The van der Waals surface area contributed by atoms with Gasteiger partial charge in [-0.2, -0.15) is 61.5 Å². The normalized spacial score (nSPS) is 14.1. The number of carbonyl (C=O) groups excluding carboxylic acids is 4. The first kappa shape index (κ1) is 42.7. The molecular weight excluding hydrogens is 708 g/mol. The Labute approximate surface area is 252 Å². The summed E-state index contributed by atoms with van der Waals surface area (Å²) in [5.41, 5.74) is -2.61. The summed E-state index contributed by atoms with van der Waals surface area (Å²) >= 11 is 0. The van der Waals surface area contributed by atoms with Gasteiger partial charge in [0.05, 0.1) is 12.8 Å². The zero-order valence-corrected chi connectivity index (χ0v) is 20.3. The van der Waals surface area contributed by atoms with Crippen molar-refractivity contribution >= 4 is 72.0 Å². The number of rotatable bonds is 8. The van der Waals surface area contributed by atoms with Crippen molar-refractivity contribution in [3.63, 3.8) is 0 Å². The van der Waals surface area contributed by atoms with Gasteiger partial charge in [0, 0.05) is 10.8 Å². The van der Waals surface area contributed by atoms with E-state index in [1.54, 1.807) is 0 Å². The second-order valence-electron chi connectivity index (χ2n) is 9.84. The van der Waals surface area contributed by atoms with Crippen molar-refractivity contribution in [3.05, 3.63) is 0 Å². The molecule has 0 radical (unpaired) electrons. The molecule has 0 spiro atoms. The molecule has 0 atom stereocenters. The van der Waals surface area contributed by atoms with Crippen molar-refractivity contribution in [2.24, 2.45) is 10.8 Å². The van der Waals surface area contributed by atoms with Gasteiger partial charge in [0.15, 0.2) is 0 Å². The summed E-state index contributed by atoms with van der Waals surface area (Å²) in [6.45, 7) is 7.27. The number of ketones is 4. The number of hydrogen-bond acceptors (Lipinski definition) is 4. The van der Waals surface area contributed by atoms with Crippen molar-refractivity contribution in [3.8, 4) is 0 Å². The summed E-state index contributed by atoms with van der Waals surface area (Å²) in [5.74, 6) is -32.8. The summed E-state index contributed by atoms with van der Waals surface area (Å²) in [4.78, 5) is 44.2. The Morgan fingerprint density at radius 3 is 0.718 bits per heavy atom. The SMILES string of the molecule is CC(C)(C)C(=O)CC(=O)C(F)(F)C(F)(F)C(F)(F)F.CC(C)(C)C(=O)CC(=O)C(F)(F)C(F)(F)C(F)(F)F.[BaH2]. The fourth-order valence-corrected chi connectivity index (χ4v) is 1.75. The third kappa shape index (κ3) is 10.2. The van der Waals surface area contributed by atoms with Gasteiger partial charge in [-0.1, -0.05) is 41.5 Å². The van der Waals surface area contributed by atoms with E-state index in [0.717, 1.165) is 0 Å². The third-order valence-electron chi connectivity index (χ3n) is 4.52. The maximum atomic E-state index is 12.9. The Balaban J connectivity index is -0.000000648. The van der Waals surface area contributed by atoms with Crippen LogP contribution in [-0.2, 0) is 19.2 Å². The first-order valence-corrected chi connectivity index (χ1v) is 9.88. The van der Waals surface area contributed by atoms with Gasteiger partial charge in [0.2, 0.25) is 11.6 Å². The van der Waals surface area contributed by atoms with Crippen molar-refractivity contribution in [2.75, 3.05) is 0 Å². The molecule has 0 saturated carbocycles. The molecule has 0 aliphatic carbocycles. The van der Waals surface area contributed by atoms with E-state index in [0.29, 0.717) is 0 Å². The van der Waals surface area contributed by atoms with E-state index in [4.69, 9.17) is 0 Å². The van der Waals surface area contributed by atoms with E-state index in [2.05, 4.69) is 0 Å². The molecule has 39 heavy (non-hydrogen) atoms. The van der Waals surface area contributed by atoms with Crippen LogP contribution in [0.15, 0.2) is 0 Å². The van der Waals surface area contributed by atoms with Crippen LogP contribution in [0.25, 0.3) is 0 Å². The zero-order valence-electron chi connectivity index (χ0n) is 20.3. The van der Waals surface area contributed by atoms with Crippen LogP contribution in [0.1, 0.15) is 54.4 Å². The fourth-order valence-electron chi connectivity index (χ4n) is 1.75. The Kier molecular flexibility index (Phi) is 14.3. The zero-order chi connectivity index (χ0) is 31.7. The van der Waals surface area contributed by atoms with Crippen molar-refractivity contribution < 1.29 is 80.6 Å². The summed E-state index contributed by atoms with van der Waals surface area (Å²) in [7, 11) is 0. The number of carbonyl (C=O) groups is 4. The molecule has 0 aromatic heterocycles. The molecule has 0 aromatic rings. The fraction of sp³-hybridized carbons (Fsp3) is 0.800. The Hall–Kier alpha value is -0.729. The van der Waals surface area contributed by atoms with Crippen LogP contribution in [0, 0.1) is 10.8 Å². The summed E-state index contributed by atoms with van der Waals surface area (Å²) < 4.78 is 172. The molecule has 0 saturated heterocycles. The van der Waals surface area contributed by atoms with E-state index in [1.807, 2.05) is 0 Å². The monoisotopic (exact) mass is 732 g/mol. The Morgan fingerprint density at radius 1 is 0.410 bits per heavy atom. The molecule has 0 amide bonds. The average molecular weight is 732 g/mol. The van der Waals surface area contributed by atoms with Crippen molar-refractivity contribution in [1.82, 2.24) is 0 Å². The molecule has 19 heteroatoms.